The summed E-state index contributed by atoms with van der Waals surface area (Å²) < 4.78 is 11.7. The molecule has 1 amide bonds. The lowest BCUT2D eigenvalue weighted by molar-refractivity contribution is 0.0950. The van der Waals surface area contributed by atoms with Crippen molar-refractivity contribution < 1.29 is 14.3 Å². The second-order valence-electron chi connectivity index (χ2n) is 7.46. The molecular weight excluding hydrogens is 448 g/mol. The molecule has 0 fully saturated rings. The molecule has 0 radical (unpaired) electrons. The first-order valence-electron chi connectivity index (χ1n) is 10.7. The van der Waals surface area contributed by atoms with E-state index in [-0.39, 0.29) is 5.91 Å². The molecule has 4 aromatic rings. The maximum atomic E-state index is 12.7. The monoisotopic (exact) mass is 470 g/mol. The van der Waals surface area contributed by atoms with Crippen LogP contribution in [0.1, 0.15) is 27.0 Å². The van der Waals surface area contributed by atoms with E-state index in [0.717, 1.165) is 22.4 Å². The van der Waals surface area contributed by atoms with Gasteiger partial charge in [0.25, 0.3) is 5.91 Å². The normalized spacial score (nSPS) is 10.7. The first-order valence-corrected chi connectivity index (χ1v) is 11.1. The molecule has 170 valence electrons. The highest BCUT2D eigenvalue weighted by atomic mass is 35.5. The van der Waals surface area contributed by atoms with E-state index in [4.69, 9.17) is 21.1 Å². The van der Waals surface area contributed by atoms with Crippen molar-refractivity contribution in [3.05, 3.63) is 130 Å². The van der Waals surface area contributed by atoms with E-state index in [1.807, 2.05) is 72.8 Å². The van der Waals surface area contributed by atoms with Gasteiger partial charge in [0, 0.05) is 5.02 Å². The first kappa shape index (κ1) is 23.1. The van der Waals surface area contributed by atoms with Gasteiger partial charge in [-0.05, 0) is 53.1 Å². The summed E-state index contributed by atoms with van der Waals surface area (Å²) in [5.41, 5.74) is 5.80. The molecule has 0 aromatic heterocycles. The Labute approximate surface area is 203 Å². The van der Waals surface area contributed by atoms with Gasteiger partial charge in [-0.1, -0.05) is 78.3 Å². The van der Waals surface area contributed by atoms with Crippen LogP contribution in [0.2, 0.25) is 5.02 Å². The van der Waals surface area contributed by atoms with E-state index in [1.54, 1.807) is 36.5 Å². The van der Waals surface area contributed by atoms with Crippen LogP contribution in [0.5, 0.6) is 11.5 Å². The first-order chi connectivity index (χ1) is 16.7. The number of nitrogens with one attached hydrogen (secondary N) is 1. The van der Waals surface area contributed by atoms with Gasteiger partial charge >= 0.3 is 0 Å². The molecule has 0 atom stereocenters. The third-order valence-corrected chi connectivity index (χ3v) is 5.18. The van der Waals surface area contributed by atoms with Crippen LogP contribution in [0.4, 0.5) is 0 Å². The summed E-state index contributed by atoms with van der Waals surface area (Å²) in [7, 11) is 0. The van der Waals surface area contributed by atoms with Gasteiger partial charge < -0.3 is 9.47 Å². The van der Waals surface area contributed by atoms with Crippen molar-refractivity contribution in [3.63, 3.8) is 0 Å². The Bertz CT molecular complexity index is 1260. The Morgan fingerprint density at radius 2 is 1.50 bits per heavy atom. The highest BCUT2D eigenvalue weighted by Crippen LogP contribution is 2.20. The Hall–Kier alpha value is -4.09. The summed E-state index contributed by atoms with van der Waals surface area (Å²) in [4.78, 5) is 12.7. The fourth-order valence-corrected chi connectivity index (χ4v) is 3.30. The van der Waals surface area contributed by atoms with Crippen LogP contribution in [0.3, 0.4) is 0 Å². The van der Waals surface area contributed by atoms with E-state index < -0.39 is 0 Å². The predicted molar refractivity (Wildman–Crippen MR) is 135 cm³/mol. The summed E-state index contributed by atoms with van der Waals surface area (Å²) in [6.07, 6.45) is 1.57. The number of hydrazone groups is 1. The van der Waals surface area contributed by atoms with Gasteiger partial charge in [0.1, 0.15) is 24.7 Å². The number of hydrogen-bond acceptors (Lipinski definition) is 4. The van der Waals surface area contributed by atoms with Gasteiger partial charge in [0.05, 0.1) is 11.8 Å². The fourth-order valence-electron chi connectivity index (χ4n) is 3.17. The van der Waals surface area contributed by atoms with Crippen molar-refractivity contribution in [1.82, 2.24) is 5.43 Å². The second-order valence-corrected chi connectivity index (χ2v) is 7.89. The molecule has 0 saturated heterocycles. The molecule has 0 aliphatic rings. The maximum absolute atomic E-state index is 12.7. The molecule has 0 unspecified atom stereocenters. The van der Waals surface area contributed by atoms with Gasteiger partial charge in [-0.3, -0.25) is 4.79 Å². The standard InChI is InChI=1S/C28H23ClN2O3/c29-24-15-13-22(14-16-24)20-34-27-12-5-4-11-26(27)28(32)31-30-18-23-9-6-10-25(17-23)33-19-21-7-2-1-3-8-21/h1-18H,19-20H2,(H,31,32)/b30-18-. The number of halogens is 1. The van der Waals surface area contributed by atoms with E-state index in [2.05, 4.69) is 10.5 Å². The van der Waals surface area contributed by atoms with Crippen LogP contribution < -0.4 is 14.9 Å². The number of hydrogen-bond donors (Lipinski definition) is 1. The van der Waals surface area contributed by atoms with Crippen molar-refractivity contribution in [2.45, 2.75) is 13.2 Å². The number of para-hydroxylation sites is 1. The average Bonchev–Trinajstić information content (AvgIpc) is 2.88. The third kappa shape index (κ3) is 6.70. The molecule has 0 heterocycles. The van der Waals surface area contributed by atoms with Crippen LogP contribution in [0.15, 0.2) is 108 Å². The minimum atomic E-state index is -0.362. The number of rotatable bonds is 9. The van der Waals surface area contributed by atoms with Gasteiger partial charge in [-0.2, -0.15) is 5.10 Å². The number of amides is 1. The molecule has 5 nitrogen and oxygen atoms in total. The predicted octanol–water partition coefficient (Wildman–Crippen LogP) is 6.26. The Balaban J connectivity index is 1.34. The number of benzene rings is 4. The number of carbonyl (C=O) groups excluding carboxylic acids is 1. The van der Waals surface area contributed by atoms with Crippen molar-refractivity contribution >= 4 is 23.7 Å². The second kappa shape index (κ2) is 11.7. The summed E-state index contributed by atoms with van der Waals surface area (Å²) in [6, 6.07) is 31.9. The number of ether oxygens (including phenoxy) is 2. The average molecular weight is 471 g/mol. The molecule has 6 heteroatoms. The molecule has 4 rings (SSSR count). The number of carbonyl (C=O) groups is 1. The highest BCUT2D eigenvalue weighted by Gasteiger charge is 2.11. The Kier molecular flexibility index (Phi) is 7.93. The molecule has 0 spiro atoms. The minimum absolute atomic E-state index is 0.320. The fraction of sp³-hybridized carbons (Fsp3) is 0.0714. The Morgan fingerprint density at radius 3 is 2.32 bits per heavy atom. The molecule has 1 N–H and O–H groups in total. The van der Waals surface area contributed by atoms with Crippen molar-refractivity contribution in [1.29, 1.82) is 0 Å². The topological polar surface area (TPSA) is 59.9 Å². The van der Waals surface area contributed by atoms with Crippen LogP contribution >= 0.6 is 11.6 Å². The maximum Gasteiger partial charge on any atom is 0.275 e. The summed E-state index contributed by atoms with van der Waals surface area (Å²) in [5.74, 6) is 0.834. The van der Waals surface area contributed by atoms with Crippen LogP contribution in [-0.2, 0) is 13.2 Å². The van der Waals surface area contributed by atoms with Crippen LogP contribution in [0, 0.1) is 0 Å². The zero-order valence-electron chi connectivity index (χ0n) is 18.4. The van der Waals surface area contributed by atoms with E-state index in [1.165, 1.54) is 0 Å². The minimum Gasteiger partial charge on any atom is -0.489 e. The van der Waals surface area contributed by atoms with E-state index >= 15 is 0 Å². The lowest BCUT2D eigenvalue weighted by Gasteiger charge is -2.10. The van der Waals surface area contributed by atoms with Crippen LogP contribution in [0.25, 0.3) is 0 Å². The SMILES string of the molecule is O=C(N/N=C\c1cccc(OCc2ccccc2)c1)c1ccccc1OCc1ccc(Cl)cc1. The Morgan fingerprint density at radius 1 is 0.794 bits per heavy atom. The largest absolute Gasteiger partial charge is 0.489 e. The summed E-state index contributed by atoms with van der Waals surface area (Å²) >= 11 is 5.92. The van der Waals surface area contributed by atoms with Crippen LogP contribution in [-0.4, -0.2) is 12.1 Å². The number of nitrogens with zero attached hydrogens (tertiary/aromatic N) is 1. The van der Waals surface area contributed by atoms with Crippen molar-refractivity contribution in [2.75, 3.05) is 0 Å². The smallest absolute Gasteiger partial charge is 0.275 e. The highest BCUT2D eigenvalue weighted by molar-refractivity contribution is 6.30. The third-order valence-electron chi connectivity index (χ3n) is 4.93. The van der Waals surface area contributed by atoms with E-state index in [0.29, 0.717) is 29.5 Å². The van der Waals surface area contributed by atoms with Gasteiger partial charge in [-0.15, -0.1) is 0 Å². The zero-order valence-corrected chi connectivity index (χ0v) is 19.1. The summed E-state index contributed by atoms with van der Waals surface area (Å²) in [5, 5.41) is 4.76. The molecule has 0 aliphatic carbocycles. The molecule has 0 saturated carbocycles. The lowest BCUT2D eigenvalue weighted by atomic mass is 10.2. The molecule has 0 bridgehead atoms. The molecular formula is C28H23ClN2O3. The van der Waals surface area contributed by atoms with Crippen molar-refractivity contribution in [2.24, 2.45) is 5.10 Å². The zero-order chi connectivity index (χ0) is 23.6. The van der Waals surface area contributed by atoms with Gasteiger partial charge in [0.2, 0.25) is 0 Å². The quantitative estimate of drug-likeness (QED) is 0.232. The van der Waals surface area contributed by atoms with Gasteiger partial charge in [0.15, 0.2) is 0 Å². The van der Waals surface area contributed by atoms with E-state index in [9.17, 15) is 4.79 Å². The molecule has 4 aromatic carbocycles. The molecule has 0 aliphatic heterocycles. The summed E-state index contributed by atoms with van der Waals surface area (Å²) in [6.45, 7) is 0.797. The lowest BCUT2D eigenvalue weighted by Crippen LogP contribution is -2.18. The molecule has 34 heavy (non-hydrogen) atoms. The van der Waals surface area contributed by atoms with Gasteiger partial charge in [-0.25, -0.2) is 5.43 Å². The van der Waals surface area contributed by atoms with Crippen molar-refractivity contribution in [3.8, 4) is 11.5 Å².